The second-order valence-electron chi connectivity index (χ2n) is 3.57. The molecule has 0 fully saturated rings. The van der Waals surface area contributed by atoms with Crippen LogP contribution in [0.5, 0.6) is 0 Å². The molecule has 0 radical (unpaired) electrons. The van der Waals surface area contributed by atoms with E-state index in [1.165, 1.54) is 18.4 Å². The highest BCUT2D eigenvalue weighted by Gasteiger charge is 2.15. The Morgan fingerprint density at radius 3 is 3.00 bits per heavy atom. The Hall–Kier alpha value is -0.340. The van der Waals surface area contributed by atoms with Gasteiger partial charge in [0.25, 0.3) is 0 Å². The fourth-order valence-electron chi connectivity index (χ4n) is 1.84. The molecule has 0 amide bonds. The summed E-state index contributed by atoms with van der Waals surface area (Å²) in [7, 11) is 0. The van der Waals surface area contributed by atoms with E-state index < -0.39 is 0 Å². The minimum absolute atomic E-state index is 0.517. The summed E-state index contributed by atoms with van der Waals surface area (Å²) in [6, 6.07) is 0.517. The third-order valence-corrected chi connectivity index (χ3v) is 2.19. The fraction of sp³-hybridized carbons (Fsp3) is 0.778. The Labute approximate surface area is 68.9 Å². The monoisotopic (exact) mass is 154 g/mol. The van der Waals surface area contributed by atoms with Gasteiger partial charge in [0.1, 0.15) is 0 Å². The van der Waals surface area contributed by atoms with Crippen LogP contribution in [-0.4, -0.2) is 12.7 Å². The van der Waals surface area contributed by atoms with Crippen molar-refractivity contribution in [2.24, 2.45) is 11.7 Å². The molecule has 0 bridgehead atoms. The quantitative estimate of drug-likeness (QED) is 0.464. The van der Waals surface area contributed by atoms with E-state index in [0.717, 1.165) is 5.92 Å². The molecule has 0 aliphatic heterocycles. The SMILES string of the molecule is CC1=CC(NCN)CC(C)C1. The van der Waals surface area contributed by atoms with Crippen LogP contribution in [0.3, 0.4) is 0 Å². The number of rotatable bonds is 2. The van der Waals surface area contributed by atoms with Crippen molar-refractivity contribution in [2.75, 3.05) is 6.67 Å². The van der Waals surface area contributed by atoms with Crippen molar-refractivity contribution in [1.82, 2.24) is 5.32 Å². The van der Waals surface area contributed by atoms with Gasteiger partial charge in [-0.25, -0.2) is 0 Å². The van der Waals surface area contributed by atoms with Crippen LogP contribution >= 0.6 is 0 Å². The van der Waals surface area contributed by atoms with E-state index in [1.807, 2.05) is 0 Å². The first-order valence-corrected chi connectivity index (χ1v) is 4.33. The zero-order valence-electron chi connectivity index (χ0n) is 7.43. The van der Waals surface area contributed by atoms with Gasteiger partial charge in [-0.3, -0.25) is 5.32 Å². The molecule has 0 aromatic carbocycles. The highest BCUT2D eigenvalue weighted by Crippen LogP contribution is 2.22. The highest BCUT2D eigenvalue weighted by atomic mass is 15.0. The zero-order valence-corrected chi connectivity index (χ0v) is 7.43. The highest BCUT2D eigenvalue weighted by molar-refractivity contribution is 5.09. The van der Waals surface area contributed by atoms with E-state index in [1.54, 1.807) is 0 Å². The Morgan fingerprint density at radius 1 is 1.73 bits per heavy atom. The summed E-state index contributed by atoms with van der Waals surface area (Å²) in [6.07, 6.45) is 4.78. The molecule has 0 heterocycles. The van der Waals surface area contributed by atoms with Crippen molar-refractivity contribution < 1.29 is 0 Å². The number of nitrogens with one attached hydrogen (secondary N) is 1. The van der Waals surface area contributed by atoms with Gasteiger partial charge in [-0.2, -0.15) is 0 Å². The number of nitrogens with two attached hydrogens (primary N) is 1. The molecule has 0 aromatic rings. The molecule has 3 N–H and O–H groups in total. The maximum atomic E-state index is 5.41. The molecule has 0 saturated carbocycles. The molecular weight excluding hydrogens is 136 g/mol. The number of allylic oxidation sites excluding steroid dienone is 1. The Bertz CT molecular complexity index is 152. The first-order chi connectivity index (χ1) is 5.22. The normalized spacial score (nSPS) is 31.7. The van der Waals surface area contributed by atoms with Gasteiger partial charge >= 0.3 is 0 Å². The van der Waals surface area contributed by atoms with Gasteiger partial charge in [0.05, 0.1) is 0 Å². The van der Waals surface area contributed by atoms with Gasteiger partial charge in [0.2, 0.25) is 0 Å². The fourth-order valence-corrected chi connectivity index (χ4v) is 1.84. The van der Waals surface area contributed by atoms with E-state index in [0.29, 0.717) is 12.7 Å². The van der Waals surface area contributed by atoms with Crippen LogP contribution in [0, 0.1) is 5.92 Å². The molecule has 1 rings (SSSR count). The minimum atomic E-state index is 0.517. The van der Waals surface area contributed by atoms with Gasteiger partial charge < -0.3 is 5.73 Å². The molecule has 2 nitrogen and oxygen atoms in total. The van der Waals surface area contributed by atoms with Crippen molar-refractivity contribution in [3.63, 3.8) is 0 Å². The summed E-state index contributed by atoms with van der Waals surface area (Å²) in [5.41, 5.74) is 6.90. The third-order valence-electron chi connectivity index (χ3n) is 2.19. The Morgan fingerprint density at radius 2 is 2.45 bits per heavy atom. The van der Waals surface area contributed by atoms with Crippen molar-refractivity contribution in [3.05, 3.63) is 11.6 Å². The molecule has 64 valence electrons. The third kappa shape index (κ3) is 2.64. The molecule has 2 heteroatoms. The molecule has 2 unspecified atom stereocenters. The minimum Gasteiger partial charge on any atom is -0.318 e. The van der Waals surface area contributed by atoms with E-state index >= 15 is 0 Å². The molecule has 1 aliphatic carbocycles. The topological polar surface area (TPSA) is 38.0 Å². The lowest BCUT2D eigenvalue weighted by Gasteiger charge is -2.25. The summed E-state index contributed by atoms with van der Waals surface area (Å²) in [5, 5.41) is 3.25. The molecule has 0 spiro atoms. The predicted octanol–water partition coefficient (Wildman–Crippen LogP) is 1.24. The molecule has 0 saturated heterocycles. The molecule has 1 aliphatic rings. The maximum absolute atomic E-state index is 5.41. The Balaban J connectivity index is 2.47. The lowest BCUT2D eigenvalue weighted by atomic mass is 9.88. The second kappa shape index (κ2) is 3.88. The van der Waals surface area contributed by atoms with Crippen LogP contribution in [-0.2, 0) is 0 Å². The lowest BCUT2D eigenvalue weighted by Crippen LogP contribution is -2.35. The van der Waals surface area contributed by atoms with Crippen LogP contribution in [0.4, 0.5) is 0 Å². The zero-order chi connectivity index (χ0) is 8.27. The Kier molecular flexibility index (Phi) is 3.09. The average Bonchev–Trinajstić information content (AvgIpc) is 1.85. The number of hydrogen-bond acceptors (Lipinski definition) is 2. The van der Waals surface area contributed by atoms with Gasteiger partial charge in [0, 0.05) is 12.7 Å². The number of hydrogen-bond donors (Lipinski definition) is 2. The lowest BCUT2D eigenvalue weighted by molar-refractivity contribution is 0.424. The summed E-state index contributed by atoms with van der Waals surface area (Å²) in [6.45, 7) is 5.07. The van der Waals surface area contributed by atoms with E-state index in [9.17, 15) is 0 Å². The molecule has 11 heavy (non-hydrogen) atoms. The summed E-state index contributed by atoms with van der Waals surface area (Å²) < 4.78 is 0. The van der Waals surface area contributed by atoms with Crippen molar-refractivity contribution in [2.45, 2.75) is 32.7 Å². The maximum Gasteiger partial charge on any atom is 0.0433 e. The summed E-state index contributed by atoms with van der Waals surface area (Å²) >= 11 is 0. The van der Waals surface area contributed by atoms with Crippen LogP contribution < -0.4 is 11.1 Å². The van der Waals surface area contributed by atoms with Gasteiger partial charge in [-0.1, -0.05) is 18.6 Å². The van der Waals surface area contributed by atoms with Crippen LogP contribution in [0.2, 0.25) is 0 Å². The smallest absolute Gasteiger partial charge is 0.0433 e. The van der Waals surface area contributed by atoms with Crippen LogP contribution in [0.25, 0.3) is 0 Å². The second-order valence-corrected chi connectivity index (χ2v) is 3.57. The van der Waals surface area contributed by atoms with Crippen molar-refractivity contribution in [1.29, 1.82) is 0 Å². The van der Waals surface area contributed by atoms with E-state index in [4.69, 9.17) is 5.73 Å². The molecular formula is C9H18N2. The van der Waals surface area contributed by atoms with Crippen LogP contribution in [0.15, 0.2) is 11.6 Å². The van der Waals surface area contributed by atoms with Gasteiger partial charge in [0.15, 0.2) is 0 Å². The average molecular weight is 154 g/mol. The standard InChI is InChI=1S/C9H18N2/c1-7-3-8(2)5-9(4-7)11-6-10/h4,8-9,11H,3,5-6,10H2,1-2H3. The van der Waals surface area contributed by atoms with Crippen LogP contribution in [0.1, 0.15) is 26.7 Å². The van der Waals surface area contributed by atoms with E-state index in [-0.39, 0.29) is 0 Å². The first-order valence-electron chi connectivity index (χ1n) is 4.33. The summed E-state index contributed by atoms with van der Waals surface area (Å²) in [4.78, 5) is 0. The molecule has 2 atom stereocenters. The first kappa shape index (κ1) is 8.75. The summed E-state index contributed by atoms with van der Waals surface area (Å²) in [5.74, 6) is 0.809. The molecule has 0 aromatic heterocycles. The largest absolute Gasteiger partial charge is 0.318 e. The van der Waals surface area contributed by atoms with Gasteiger partial charge in [-0.15, -0.1) is 0 Å². The van der Waals surface area contributed by atoms with Crippen molar-refractivity contribution in [3.8, 4) is 0 Å². The van der Waals surface area contributed by atoms with E-state index in [2.05, 4.69) is 25.2 Å². The van der Waals surface area contributed by atoms with Crippen molar-refractivity contribution >= 4 is 0 Å². The predicted molar refractivity (Wildman–Crippen MR) is 48.1 cm³/mol. The van der Waals surface area contributed by atoms with Gasteiger partial charge in [-0.05, 0) is 25.7 Å².